The molecule has 4 rings (SSSR count). The quantitative estimate of drug-likeness (QED) is 0.845. The lowest BCUT2D eigenvalue weighted by atomic mass is 9.87. The summed E-state index contributed by atoms with van der Waals surface area (Å²) in [7, 11) is 0. The molecule has 2 heterocycles. The van der Waals surface area contributed by atoms with Gasteiger partial charge in [-0.3, -0.25) is 4.99 Å². The molecule has 3 nitrogen and oxygen atoms in total. The number of nitrogen functional groups attached to an aromatic ring is 1. The van der Waals surface area contributed by atoms with E-state index in [1.54, 1.807) is 6.08 Å². The van der Waals surface area contributed by atoms with E-state index in [0.29, 0.717) is 18.2 Å². The highest BCUT2D eigenvalue weighted by Gasteiger charge is 2.30. The minimum absolute atomic E-state index is 0.0498. The van der Waals surface area contributed by atoms with Crippen LogP contribution in [0.4, 0.5) is 15.9 Å². The molecular weight excluding hydrogens is 289 g/mol. The smallest absolute Gasteiger partial charge is 0.125 e. The fourth-order valence-electron chi connectivity index (χ4n) is 3.45. The van der Waals surface area contributed by atoms with Crippen molar-refractivity contribution >= 4 is 22.8 Å². The van der Waals surface area contributed by atoms with Crippen molar-refractivity contribution in [1.29, 1.82) is 0 Å². The molecule has 1 aromatic rings. The second-order valence-electron chi connectivity index (χ2n) is 6.64. The van der Waals surface area contributed by atoms with Crippen molar-refractivity contribution in [2.24, 2.45) is 10.9 Å². The van der Waals surface area contributed by atoms with Crippen LogP contribution < -0.4 is 5.73 Å². The third-order valence-electron chi connectivity index (χ3n) is 4.78. The minimum Gasteiger partial charge on any atom is -0.384 e. The molecular formula is C19H20FN3. The molecule has 118 valence electrons. The molecule has 0 atom stereocenters. The van der Waals surface area contributed by atoms with E-state index in [1.807, 2.05) is 18.3 Å². The van der Waals surface area contributed by atoms with Crippen LogP contribution in [0.5, 0.6) is 0 Å². The first-order chi connectivity index (χ1) is 11.1. The third-order valence-corrected chi connectivity index (χ3v) is 4.78. The Morgan fingerprint density at radius 1 is 1.22 bits per heavy atom. The van der Waals surface area contributed by atoms with Gasteiger partial charge in [0.1, 0.15) is 11.6 Å². The van der Waals surface area contributed by atoms with Crippen LogP contribution >= 0.6 is 0 Å². The van der Waals surface area contributed by atoms with Gasteiger partial charge in [-0.25, -0.2) is 9.37 Å². The van der Waals surface area contributed by atoms with Crippen LogP contribution in [0, 0.1) is 5.92 Å². The number of hydrogen-bond donors (Lipinski definition) is 1. The largest absolute Gasteiger partial charge is 0.384 e. The van der Waals surface area contributed by atoms with Crippen molar-refractivity contribution in [3.05, 3.63) is 47.0 Å². The Bertz CT molecular complexity index is 795. The van der Waals surface area contributed by atoms with Crippen LogP contribution in [0.15, 0.2) is 46.4 Å². The predicted molar refractivity (Wildman–Crippen MR) is 92.2 cm³/mol. The topological polar surface area (TPSA) is 51.3 Å². The molecule has 1 saturated carbocycles. The van der Waals surface area contributed by atoms with Gasteiger partial charge in [-0.05, 0) is 49.3 Å². The second-order valence-corrected chi connectivity index (χ2v) is 6.64. The van der Waals surface area contributed by atoms with Crippen LogP contribution in [0.1, 0.15) is 44.6 Å². The van der Waals surface area contributed by atoms with Gasteiger partial charge in [-0.2, -0.15) is 0 Å². The molecule has 0 saturated heterocycles. The number of hydrogen-bond acceptors (Lipinski definition) is 3. The molecule has 4 heteroatoms. The van der Waals surface area contributed by atoms with Crippen LogP contribution in [0.25, 0.3) is 5.57 Å². The monoisotopic (exact) mass is 309 g/mol. The summed E-state index contributed by atoms with van der Waals surface area (Å²) >= 11 is 0. The minimum atomic E-state index is -0.0498. The van der Waals surface area contributed by atoms with Gasteiger partial charge in [0.2, 0.25) is 0 Å². The SMILES string of the molecule is CC1=C(C2=CC=C(F)CC2)c2cnc(N)cc2N=C(C2CC2)C1. The van der Waals surface area contributed by atoms with Gasteiger partial charge < -0.3 is 5.73 Å². The van der Waals surface area contributed by atoms with Crippen LogP contribution in [-0.2, 0) is 0 Å². The normalized spacial score (nSPS) is 21.2. The number of rotatable bonds is 2. The Morgan fingerprint density at radius 3 is 2.74 bits per heavy atom. The lowest BCUT2D eigenvalue weighted by Gasteiger charge is -2.18. The van der Waals surface area contributed by atoms with E-state index in [1.165, 1.54) is 35.3 Å². The van der Waals surface area contributed by atoms with Crippen LogP contribution in [-0.4, -0.2) is 10.7 Å². The molecule has 0 radical (unpaired) electrons. The Morgan fingerprint density at radius 2 is 2.04 bits per heavy atom. The summed E-state index contributed by atoms with van der Waals surface area (Å²) in [6, 6.07) is 1.86. The van der Waals surface area contributed by atoms with Gasteiger partial charge in [-0.1, -0.05) is 11.6 Å². The first kappa shape index (κ1) is 14.4. The molecule has 0 amide bonds. The van der Waals surface area contributed by atoms with Gasteiger partial charge in [0.25, 0.3) is 0 Å². The standard InChI is InChI=1S/C19H20FN3/c1-11-8-16(12-2-3-12)23-17-9-18(21)22-10-15(17)19(11)13-4-6-14(20)7-5-13/h4,6,9-10,12H,2-3,5,7-8H2,1H3,(H2,21,22). The first-order valence-electron chi connectivity index (χ1n) is 8.20. The molecule has 1 fully saturated rings. The van der Waals surface area contributed by atoms with Gasteiger partial charge in [0.15, 0.2) is 0 Å². The Labute approximate surface area is 135 Å². The first-order valence-corrected chi connectivity index (χ1v) is 8.20. The molecule has 0 unspecified atom stereocenters. The Balaban J connectivity index is 1.87. The zero-order chi connectivity index (χ0) is 16.0. The van der Waals surface area contributed by atoms with Crippen LogP contribution in [0.2, 0.25) is 0 Å². The zero-order valence-corrected chi connectivity index (χ0v) is 13.3. The number of anilines is 1. The molecule has 3 aliphatic rings. The molecule has 0 bridgehead atoms. The number of nitrogens with two attached hydrogens (primary N) is 1. The summed E-state index contributed by atoms with van der Waals surface area (Å²) in [5.41, 5.74) is 12.7. The maximum absolute atomic E-state index is 13.4. The fraction of sp³-hybridized carbons (Fsp3) is 0.368. The molecule has 1 aliphatic heterocycles. The summed E-state index contributed by atoms with van der Waals surface area (Å²) in [6.07, 6.45) is 9.84. The summed E-state index contributed by atoms with van der Waals surface area (Å²) < 4.78 is 13.4. The zero-order valence-electron chi connectivity index (χ0n) is 13.3. The van der Waals surface area contributed by atoms with Crippen molar-refractivity contribution in [3.8, 4) is 0 Å². The molecule has 0 aromatic carbocycles. The van der Waals surface area contributed by atoms with Crippen molar-refractivity contribution in [2.45, 2.75) is 39.0 Å². The lowest BCUT2D eigenvalue weighted by molar-refractivity contribution is 0.584. The average molecular weight is 309 g/mol. The molecule has 2 aliphatic carbocycles. The highest BCUT2D eigenvalue weighted by atomic mass is 19.1. The molecule has 23 heavy (non-hydrogen) atoms. The summed E-state index contributed by atoms with van der Waals surface area (Å²) in [6.45, 7) is 2.16. The van der Waals surface area contributed by atoms with E-state index in [2.05, 4.69) is 11.9 Å². The summed E-state index contributed by atoms with van der Waals surface area (Å²) in [4.78, 5) is 9.18. The maximum Gasteiger partial charge on any atom is 0.125 e. The van der Waals surface area contributed by atoms with E-state index in [4.69, 9.17) is 10.7 Å². The number of aromatic nitrogens is 1. The van der Waals surface area contributed by atoms with Gasteiger partial charge in [0, 0.05) is 36.4 Å². The number of aliphatic imine (C=N–C) groups is 1. The second kappa shape index (κ2) is 5.44. The summed E-state index contributed by atoms with van der Waals surface area (Å²) in [5.74, 6) is 1.06. The fourth-order valence-corrected chi connectivity index (χ4v) is 3.45. The van der Waals surface area contributed by atoms with Gasteiger partial charge >= 0.3 is 0 Å². The van der Waals surface area contributed by atoms with E-state index >= 15 is 0 Å². The van der Waals surface area contributed by atoms with Crippen molar-refractivity contribution in [3.63, 3.8) is 0 Å². The average Bonchev–Trinajstić information content (AvgIpc) is 3.35. The maximum atomic E-state index is 13.4. The van der Waals surface area contributed by atoms with Gasteiger partial charge in [-0.15, -0.1) is 0 Å². The number of fused-ring (bicyclic) bond motifs is 1. The van der Waals surface area contributed by atoms with E-state index in [-0.39, 0.29) is 5.83 Å². The number of nitrogens with zero attached hydrogens (tertiary/aromatic N) is 2. The number of pyridine rings is 1. The van der Waals surface area contributed by atoms with Crippen molar-refractivity contribution in [1.82, 2.24) is 4.98 Å². The van der Waals surface area contributed by atoms with Crippen LogP contribution in [0.3, 0.4) is 0 Å². The lowest BCUT2D eigenvalue weighted by Crippen LogP contribution is -2.02. The molecule has 1 aromatic heterocycles. The van der Waals surface area contributed by atoms with E-state index < -0.39 is 0 Å². The number of allylic oxidation sites excluding steroid dienone is 6. The summed E-state index contributed by atoms with van der Waals surface area (Å²) in [5, 5.41) is 0. The van der Waals surface area contributed by atoms with E-state index in [9.17, 15) is 4.39 Å². The number of halogens is 1. The van der Waals surface area contributed by atoms with E-state index in [0.717, 1.165) is 24.1 Å². The van der Waals surface area contributed by atoms with Crippen molar-refractivity contribution < 1.29 is 4.39 Å². The third kappa shape index (κ3) is 2.74. The Hall–Kier alpha value is -2.23. The highest BCUT2D eigenvalue weighted by molar-refractivity contribution is 6.00. The highest BCUT2D eigenvalue weighted by Crippen LogP contribution is 2.43. The van der Waals surface area contributed by atoms with Crippen molar-refractivity contribution in [2.75, 3.05) is 5.73 Å². The predicted octanol–water partition coefficient (Wildman–Crippen LogP) is 4.90. The van der Waals surface area contributed by atoms with Gasteiger partial charge in [0.05, 0.1) is 5.69 Å². The Kier molecular flexibility index (Phi) is 3.40. The molecule has 0 spiro atoms. The molecule has 2 N–H and O–H groups in total.